The molecule has 1 fully saturated rings. The smallest absolute Gasteiger partial charge is 0.263 e. The molecule has 0 unspecified atom stereocenters. The van der Waals surface area contributed by atoms with E-state index in [0.717, 1.165) is 44.0 Å². The summed E-state index contributed by atoms with van der Waals surface area (Å²) in [5, 5.41) is 7.25. The Balaban J connectivity index is 1.96. The molecule has 0 radical (unpaired) electrons. The SMILES string of the molecule is CCc1noc(-c2cncnc2N2CCNCC2)n1. The van der Waals surface area contributed by atoms with Crippen molar-refractivity contribution < 1.29 is 4.52 Å². The fourth-order valence-corrected chi connectivity index (χ4v) is 2.11. The van der Waals surface area contributed by atoms with Crippen LogP contribution in [0.15, 0.2) is 17.0 Å². The number of nitrogens with one attached hydrogen (secondary N) is 1. The maximum Gasteiger partial charge on any atom is 0.263 e. The number of anilines is 1. The Kier molecular flexibility index (Phi) is 3.37. The summed E-state index contributed by atoms with van der Waals surface area (Å²) in [7, 11) is 0. The molecule has 3 heterocycles. The van der Waals surface area contributed by atoms with Crippen LogP contribution in [-0.2, 0) is 6.42 Å². The molecule has 3 rings (SSSR count). The van der Waals surface area contributed by atoms with Crippen molar-refractivity contribution in [3.8, 4) is 11.5 Å². The lowest BCUT2D eigenvalue weighted by atomic mass is 10.2. The molecule has 2 aromatic rings. The minimum Gasteiger partial charge on any atom is -0.353 e. The van der Waals surface area contributed by atoms with Gasteiger partial charge in [0.05, 0.1) is 0 Å². The van der Waals surface area contributed by atoms with Gasteiger partial charge in [-0.3, -0.25) is 0 Å². The summed E-state index contributed by atoms with van der Waals surface area (Å²) in [6.45, 7) is 5.73. The van der Waals surface area contributed by atoms with Crippen molar-refractivity contribution in [2.24, 2.45) is 0 Å². The second-order valence-electron chi connectivity index (χ2n) is 4.37. The Morgan fingerprint density at radius 3 is 2.95 bits per heavy atom. The summed E-state index contributed by atoms with van der Waals surface area (Å²) in [5.41, 5.74) is 0.802. The fourth-order valence-electron chi connectivity index (χ4n) is 2.11. The van der Waals surface area contributed by atoms with E-state index < -0.39 is 0 Å². The third-order valence-corrected chi connectivity index (χ3v) is 3.12. The van der Waals surface area contributed by atoms with Gasteiger partial charge < -0.3 is 14.7 Å². The zero-order valence-electron chi connectivity index (χ0n) is 10.8. The average Bonchev–Trinajstić information content (AvgIpc) is 2.97. The van der Waals surface area contributed by atoms with Crippen LogP contribution in [0.4, 0.5) is 5.82 Å². The van der Waals surface area contributed by atoms with E-state index in [2.05, 4.69) is 30.3 Å². The first-order valence-electron chi connectivity index (χ1n) is 6.47. The van der Waals surface area contributed by atoms with Crippen LogP contribution in [-0.4, -0.2) is 46.3 Å². The van der Waals surface area contributed by atoms with E-state index in [-0.39, 0.29) is 0 Å². The molecule has 7 heteroatoms. The van der Waals surface area contributed by atoms with Crippen LogP contribution in [0.1, 0.15) is 12.7 Å². The number of aryl methyl sites for hydroxylation is 1. The minimum absolute atomic E-state index is 0.492. The molecule has 7 nitrogen and oxygen atoms in total. The minimum atomic E-state index is 0.492. The van der Waals surface area contributed by atoms with Crippen LogP contribution in [0.25, 0.3) is 11.5 Å². The van der Waals surface area contributed by atoms with Gasteiger partial charge in [0.1, 0.15) is 17.7 Å². The van der Waals surface area contributed by atoms with Gasteiger partial charge in [0.2, 0.25) is 0 Å². The molecular formula is C12H16N6O. The van der Waals surface area contributed by atoms with Gasteiger partial charge >= 0.3 is 0 Å². The van der Waals surface area contributed by atoms with Crippen LogP contribution in [0, 0.1) is 0 Å². The third-order valence-electron chi connectivity index (χ3n) is 3.12. The average molecular weight is 260 g/mol. The zero-order valence-corrected chi connectivity index (χ0v) is 10.8. The highest BCUT2D eigenvalue weighted by Gasteiger charge is 2.20. The molecule has 1 aliphatic heterocycles. The van der Waals surface area contributed by atoms with Crippen LogP contribution < -0.4 is 10.2 Å². The molecule has 1 N–H and O–H groups in total. The molecular weight excluding hydrogens is 244 g/mol. The van der Waals surface area contributed by atoms with E-state index in [0.29, 0.717) is 11.7 Å². The molecule has 0 aliphatic carbocycles. The summed E-state index contributed by atoms with van der Waals surface area (Å²) < 4.78 is 5.29. The molecule has 0 saturated carbocycles. The number of hydrogen-bond donors (Lipinski definition) is 1. The van der Waals surface area contributed by atoms with E-state index in [1.807, 2.05) is 6.92 Å². The van der Waals surface area contributed by atoms with Gasteiger partial charge in [-0.15, -0.1) is 0 Å². The van der Waals surface area contributed by atoms with Crippen molar-refractivity contribution in [1.82, 2.24) is 25.4 Å². The maximum absolute atomic E-state index is 5.29. The Hall–Kier alpha value is -2.02. The molecule has 0 aromatic carbocycles. The normalized spacial score (nSPS) is 15.7. The quantitative estimate of drug-likeness (QED) is 0.860. The Morgan fingerprint density at radius 1 is 1.37 bits per heavy atom. The monoisotopic (exact) mass is 260 g/mol. The second kappa shape index (κ2) is 5.31. The first-order valence-corrected chi connectivity index (χ1v) is 6.47. The first kappa shape index (κ1) is 12.0. The third kappa shape index (κ3) is 2.41. The lowest BCUT2D eigenvalue weighted by Crippen LogP contribution is -2.44. The van der Waals surface area contributed by atoms with Gasteiger partial charge in [-0.1, -0.05) is 12.1 Å². The highest BCUT2D eigenvalue weighted by molar-refractivity contribution is 5.68. The molecule has 100 valence electrons. The van der Waals surface area contributed by atoms with E-state index >= 15 is 0 Å². The molecule has 0 amide bonds. The maximum atomic E-state index is 5.29. The highest BCUT2D eigenvalue weighted by Crippen LogP contribution is 2.26. The number of hydrogen-bond acceptors (Lipinski definition) is 7. The van der Waals surface area contributed by atoms with Crippen LogP contribution >= 0.6 is 0 Å². The number of rotatable bonds is 3. The predicted molar refractivity (Wildman–Crippen MR) is 69.8 cm³/mol. The standard InChI is InChI=1S/C12H16N6O/c1-2-10-16-12(19-17-10)9-7-14-8-15-11(9)18-5-3-13-4-6-18/h7-8,13H,2-6H2,1H3. The Labute approximate surface area is 111 Å². The molecule has 0 spiro atoms. The molecule has 0 atom stereocenters. The van der Waals surface area contributed by atoms with Gasteiger partial charge in [0, 0.05) is 38.8 Å². The van der Waals surface area contributed by atoms with Crippen molar-refractivity contribution in [3.63, 3.8) is 0 Å². The predicted octanol–water partition coefficient (Wildman–Crippen LogP) is 0.499. The van der Waals surface area contributed by atoms with Gasteiger partial charge in [-0.2, -0.15) is 4.98 Å². The molecule has 0 bridgehead atoms. The van der Waals surface area contributed by atoms with Crippen molar-refractivity contribution in [2.75, 3.05) is 31.1 Å². The van der Waals surface area contributed by atoms with Crippen molar-refractivity contribution >= 4 is 5.82 Å². The van der Waals surface area contributed by atoms with Gasteiger partial charge in [-0.05, 0) is 0 Å². The fraction of sp³-hybridized carbons (Fsp3) is 0.500. The summed E-state index contributed by atoms with van der Waals surface area (Å²) in [6, 6.07) is 0. The number of aromatic nitrogens is 4. The molecule has 19 heavy (non-hydrogen) atoms. The zero-order chi connectivity index (χ0) is 13.1. The van der Waals surface area contributed by atoms with Gasteiger partial charge in [-0.25, -0.2) is 9.97 Å². The lowest BCUT2D eigenvalue weighted by Gasteiger charge is -2.29. The summed E-state index contributed by atoms with van der Waals surface area (Å²) in [4.78, 5) is 15.0. The summed E-state index contributed by atoms with van der Waals surface area (Å²) >= 11 is 0. The van der Waals surface area contributed by atoms with Crippen molar-refractivity contribution in [1.29, 1.82) is 0 Å². The van der Waals surface area contributed by atoms with E-state index in [1.165, 1.54) is 0 Å². The molecule has 1 aliphatic rings. The Bertz CT molecular complexity index is 549. The van der Waals surface area contributed by atoms with Crippen LogP contribution in [0.2, 0.25) is 0 Å². The molecule has 2 aromatic heterocycles. The summed E-state index contributed by atoms with van der Waals surface area (Å²) in [5.74, 6) is 2.05. The van der Waals surface area contributed by atoms with Gasteiger partial charge in [0.25, 0.3) is 5.89 Å². The topological polar surface area (TPSA) is 80.0 Å². The van der Waals surface area contributed by atoms with Gasteiger partial charge in [0.15, 0.2) is 5.82 Å². The van der Waals surface area contributed by atoms with E-state index in [1.54, 1.807) is 12.5 Å². The number of nitrogens with zero attached hydrogens (tertiary/aromatic N) is 5. The second-order valence-corrected chi connectivity index (χ2v) is 4.37. The van der Waals surface area contributed by atoms with Crippen LogP contribution in [0.3, 0.4) is 0 Å². The molecule has 1 saturated heterocycles. The largest absolute Gasteiger partial charge is 0.353 e. The van der Waals surface area contributed by atoms with E-state index in [9.17, 15) is 0 Å². The highest BCUT2D eigenvalue weighted by atomic mass is 16.5. The first-order chi connectivity index (χ1) is 9.38. The van der Waals surface area contributed by atoms with Crippen molar-refractivity contribution in [3.05, 3.63) is 18.3 Å². The number of piperazine rings is 1. The van der Waals surface area contributed by atoms with Crippen molar-refractivity contribution in [2.45, 2.75) is 13.3 Å². The Morgan fingerprint density at radius 2 is 2.21 bits per heavy atom. The van der Waals surface area contributed by atoms with Crippen LogP contribution in [0.5, 0.6) is 0 Å². The van der Waals surface area contributed by atoms with E-state index in [4.69, 9.17) is 4.52 Å². The summed E-state index contributed by atoms with van der Waals surface area (Å²) in [6.07, 6.45) is 4.04. The lowest BCUT2D eigenvalue weighted by molar-refractivity contribution is 0.423.